The molecule has 0 aromatic carbocycles. The lowest BCUT2D eigenvalue weighted by Gasteiger charge is -2.27. The highest BCUT2D eigenvalue weighted by molar-refractivity contribution is 5.21. The second-order valence-corrected chi connectivity index (χ2v) is 5.93. The van der Waals surface area contributed by atoms with Crippen LogP contribution in [0.25, 0.3) is 0 Å². The number of rotatable bonds is 4. The number of hydrogen-bond acceptors (Lipinski definition) is 1. The van der Waals surface area contributed by atoms with Crippen LogP contribution in [-0.4, -0.2) is 11.2 Å². The van der Waals surface area contributed by atoms with Crippen LogP contribution in [0.2, 0.25) is 0 Å². The molecular weight excluding hydrogens is 196 g/mol. The van der Waals surface area contributed by atoms with Gasteiger partial charge in [0.15, 0.2) is 0 Å². The quantitative estimate of drug-likeness (QED) is 0.714. The summed E-state index contributed by atoms with van der Waals surface area (Å²) in [5.74, 6) is 0.952. The zero-order valence-electron chi connectivity index (χ0n) is 11.3. The average Bonchev–Trinajstić information content (AvgIpc) is 2.44. The van der Waals surface area contributed by atoms with E-state index in [-0.39, 0.29) is 6.10 Å². The van der Waals surface area contributed by atoms with Gasteiger partial charge in [-0.3, -0.25) is 0 Å². The highest BCUT2D eigenvalue weighted by Gasteiger charge is 2.32. The fraction of sp³-hybridized carbons (Fsp3) is 0.733. The highest BCUT2D eigenvalue weighted by Crippen LogP contribution is 2.43. The minimum Gasteiger partial charge on any atom is -0.393 e. The van der Waals surface area contributed by atoms with Crippen LogP contribution < -0.4 is 0 Å². The first-order chi connectivity index (χ1) is 7.35. The predicted molar refractivity (Wildman–Crippen MR) is 70.2 cm³/mol. The van der Waals surface area contributed by atoms with E-state index in [1.165, 1.54) is 5.57 Å². The Morgan fingerprint density at radius 3 is 2.56 bits per heavy atom. The lowest BCUT2D eigenvalue weighted by Crippen LogP contribution is -2.19. The molecule has 0 aromatic heterocycles. The number of hydrogen-bond donors (Lipinski definition) is 1. The fourth-order valence-electron chi connectivity index (χ4n) is 2.13. The summed E-state index contributed by atoms with van der Waals surface area (Å²) in [7, 11) is 0. The van der Waals surface area contributed by atoms with Crippen molar-refractivity contribution < 1.29 is 5.11 Å². The van der Waals surface area contributed by atoms with E-state index in [1.807, 2.05) is 0 Å². The van der Waals surface area contributed by atoms with Gasteiger partial charge in [0.1, 0.15) is 0 Å². The molecule has 1 heteroatoms. The van der Waals surface area contributed by atoms with Gasteiger partial charge in [-0.05, 0) is 37.0 Å². The number of allylic oxidation sites excluding steroid dienone is 3. The maximum Gasteiger partial charge on any atom is 0.0597 e. The lowest BCUT2D eigenvalue weighted by atomic mass is 9.77. The van der Waals surface area contributed by atoms with Crippen molar-refractivity contribution >= 4 is 0 Å². The molecule has 16 heavy (non-hydrogen) atoms. The van der Waals surface area contributed by atoms with Crippen LogP contribution in [0.15, 0.2) is 23.8 Å². The molecule has 0 radical (unpaired) electrons. The lowest BCUT2D eigenvalue weighted by molar-refractivity contribution is 0.128. The summed E-state index contributed by atoms with van der Waals surface area (Å²) in [6.07, 6.45) is 8.52. The Kier molecular flexibility index (Phi) is 4.37. The van der Waals surface area contributed by atoms with Crippen LogP contribution in [0, 0.1) is 17.3 Å². The van der Waals surface area contributed by atoms with Crippen LogP contribution in [0.5, 0.6) is 0 Å². The molecule has 92 valence electrons. The topological polar surface area (TPSA) is 20.2 Å². The Balaban J connectivity index is 2.48. The van der Waals surface area contributed by atoms with Crippen molar-refractivity contribution in [3.8, 4) is 0 Å². The van der Waals surface area contributed by atoms with E-state index in [0.717, 1.165) is 12.8 Å². The number of aliphatic hydroxyl groups excluding tert-OH is 1. The molecule has 0 aliphatic heterocycles. The molecule has 1 rings (SSSR count). The monoisotopic (exact) mass is 222 g/mol. The third-order valence-electron chi connectivity index (χ3n) is 4.14. The van der Waals surface area contributed by atoms with Crippen molar-refractivity contribution in [3.63, 3.8) is 0 Å². The third-order valence-corrected chi connectivity index (χ3v) is 4.14. The average molecular weight is 222 g/mol. The summed E-state index contributed by atoms with van der Waals surface area (Å²) >= 11 is 0. The normalized spacial score (nSPS) is 26.4. The van der Waals surface area contributed by atoms with Gasteiger partial charge < -0.3 is 5.11 Å². The standard InChI is InChI=1S/C15H26O/c1-11(2)14(16)8-6-7-13-10-9-12(3)15(13,4)5/h6-7,9,11,13-14,16H,8,10H2,1-5H3/t13-,14?/m0/s1. The van der Waals surface area contributed by atoms with Gasteiger partial charge in [0, 0.05) is 0 Å². The molecule has 1 unspecified atom stereocenters. The summed E-state index contributed by atoms with van der Waals surface area (Å²) in [5.41, 5.74) is 1.78. The maximum atomic E-state index is 9.72. The molecule has 0 spiro atoms. The summed E-state index contributed by atoms with van der Waals surface area (Å²) < 4.78 is 0. The molecule has 0 amide bonds. The minimum atomic E-state index is -0.199. The van der Waals surface area contributed by atoms with Crippen LogP contribution in [0.3, 0.4) is 0 Å². The van der Waals surface area contributed by atoms with Gasteiger partial charge in [0.05, 0.1) is 6.10 Å². The van der Waals surface area contributed by atoms with Crippen LogP contribution in [-0.2, 0) is 0 Å². The van der Waals surface area contributed by atoms with Crippen LogP contribution >= 0.6 is 0 Å². The van der Waals surface area contributed by atoms with Crippen molar-refractivity contribution in [2.24, 2.45) is 17.3 Å². The summed E-state index contributed by atoms with van der Waals surface area (Å²) in [5, 5.41) is 9.72. The van der Waals surface area contributed by atoms with Gasteiger partial charge in [-0.2, -0.15) is 0 Å². The van der Waals surface area contributed by atoms with E-state index >= 15 is 0 Å². The smallest absolute Gasteiger partial charge is 0.0597 e. The molecule has 1 aliphatic carbocycles. The molecule has 1 N–H and O–H groups in total. The third kappa shape index (κ3) is 2.98. The van der Waals surface area contributed by atoms with Gasteiger partial charge in [-0.25, -0.2) is 0 Å². The minimum absolute atomic E-state index is 0.199. The molecule has 0 heterocycles. The van der Waals surface area contributed by atoms with Crippen LogP contribution in [0.4, 0.5) is 0 Å². The Hall–Kier alpha value is -0.560. The Labute approximate surface area is 100 Å². The molecule has 0 aromatic rings. The Morgan fingerprint density at radius 1 is 1.50 bits per heavy atom. The Bertz CT molecular complexity index is 284. The van der Waals surface area contributed by atoms with Gasteiger partial charge in [0.2, 0.25) is 0 Å². The molecule has 0 saturated heterocycles. The zero-order valence-corrected chi connectivity index (χ0v) is 11.3. The van der Waals surface area contributed by atoms with E-state index < -0.39 is 0 Å². The number of aliphatic hydroxyl groups is 1. The SMILES string of the molecule is CC1=CC[C@H](C=CCC(O)C(C)C)C1(C)C. The van der Waals surface area contributed by atoms with E-state index in [9.17, 15) is 5.11 Å². The molecule has 0 saturated carbocycles. The van der Waals surface area contributed by atoms with Gasteiger partial charge in [0.25, 0.3) is 0 Å². The van der Waals surface area contributed by atoms with E-state index in [0.29, 0.717) is 17.3 Å². The second-order valence-electron chi connectivity index (χ2n) is 5.93. The molecule has 1 nitrogen and oxygen atoms in total. The van der Waals surface area contributed by atoms with Crippen molar-refractivity contribution in [1.82, 2.24) is 0 Å². The largest absolute Gasteiger partial charge is 0.393 e. The molecule has 0 fully saturated rings. The first kappa shape index (κ1) is 13.5. The predicted octanol–water partition coefficient (Wildman–Crippen LogP) is 3.94. The molecule has 0 bridgehead atoms. The van der Waals surface area contributed by atoms with Crippen LogP contribution in [0.1, 0.15) is 47.5 Å². The van der Waals surface area contributed by atoms with Gasteiger partial charge in [-0.15, -0.1) is 0 Å². The molecule has 2 atom stereocenters. The van der Waals surface area contributed by atoms with E-state index in [1.54, 1.807) is 0 Å². The molecular formula is C15H26O. The van der Waals surface area contributed by atoms with E-state index in [2.05, 4.69) is 52.8 Å². The van der Waals surface area contributed by atoms with Gasteiger partial charge in [-0.1, -0.05) is 51.5 Å². The van der Waals surface area contributed by atoms with Crippen molar-refractivity contribution in [2.75, 3.05) is 0 Å². The molecule has 1 aliphatic rings. The Morgan fingerprint density at radius 2 is 2.12 bits per heavy atom. The second kappa shape index (κ2) is 5.18. The van der Waals surface area contributed by atoms with Crippen molar-refractivity contribution in [3.05, 3.63) is 23.8 Å². The van der Waals surface area contributed by atoms with E-state index in [4.69, 9.17) is 0 Å². The summed E-state index contributed by atoms with van der Waals surface area (Å²) in [6.45, 7) is 10.9. The zero-order chi connectivity index (χ0) is 12.3. The van der Waals surface area contributed by atoms with Gasteiger partial charge >= 0.3 is 0 Å². The van der Waals surface area contributed by atoms with Crippen molar-refractivity contribution in [2.45, 2.75) is 53.6 Å². The fourth-order valence-corrected chi connectivity index (χ4v) is 2.13. The highest BCUT2D eigenvalue weighted by atomic mass is 16.3. The summed E-state index contributed by atoms with van der Waals surface area (Å²) in [4.78, 5) is 0. The van der Waals surface area contributed by atoms with Crippen molar-refractivity contribution in [1.29, 1.82) is 0 Å². The summed E-state index contributed by atoms with van der Waals surface area (Å²) in [6, 6.07) is 0. The maximum absolute atomic E-state index is 9.72. The first-order valence-corrected chi connectivity index (χ1v) is 6.37. The first-order valence-electron chi connectivity index (χ1n) is 6.37.